The average molecular weight is 358 g/mol. The lowest BCUT2D eigenvalue weighted by molar-refractivity contribution is -0.127. The van der Waals surface area contributed by atoms with Gasteiger partial charge in [-0.3, -0.25) is 4.79 Å². The normalized spacial score (nSPS) is 15.7. The number of hydrogen-bond donors (Lipinski definition) is 0. The zero-order chi connectivity index (χ0) is 18.7. The average Bonchev–Trinajstić information content (AvgIpc) is 3.13. The number of amides is 1. The highest BCUT2D eigenvalue weighted by Gasteiger charge is 2.25. The van der Waals surface area contributed by atoms with Crippen LogP contribution in [0.25, 0.3) is 6.08 Å². The second-order valence-electron chi connectivity index (χ2n) is 6.71. The maximum atomic E-state index is 13.8. The molecular weight excluding hydrogens is 335 g/mol. The van der Waals surface area contributed by atoms with Gasteiger partial charge in [0.25, 0.3) is 0 Å². The summed E-state index contributed by atoms with van der Waals surface area (Å²) in [5, 5.41) is 8.13. The molecule has 7 heteroatoms. The van der Waals surface area contributed by atoms with Crippen LogP contribution in [-0.2, 0) is 4.79 Å². The van der Waals surface area contributed by atoms with Crippen molar-refractivity contribution in [3.8, 4) is 0 Å². The summed E-state index contributed by atoms with van der Waals surface area (Å²) in [6.07, 6.45) is 1.59. The molecule has 1 aromatic carbocycles. The second kappa shape index (κ2) is 7.68. The summed E-state index contributed by atoms with van der Waals surface area (Å²) in [6, 6.07) is 6.93. The number of hydrogen-bond acceptors (Lipinski definition) is 5. The molecule has 1 saturated heterocycles. The number of rotatable bonds is 4. The minimum absolute atomic E-state index is 0.0821. The predicted octanol–water partition coefficient (Wildman–Crippen LogP) is 3.08. The molecule has 1 aliphatic heterocycles. The Balaban J connectivity index is 1.62. The Labute approximate surface area is 152 Å². The fourth-order valence-electron chi connectivity index (χ4n) is 2.82. The predicted molar refractivity (Wildman–Crippen MR) is 97.2 cm³/mol. The summed E-state index contributed by atoms with van der Waals surface area (Å²) >= 11 is 0. The molecule has 0 radical (unpaired) electrons. The lowest BCUT2D eigenvalue weighted by atomic mass is 10.1. The number of benzene rings is 1. The quantitative estimate of drug-likeness (QED) is 0.786. The highest BCUT2D eigenvalue weighted by molar-refractivity contribution is 5.97. The van der Waals surface area contributed by atoms with Crippen LogP contribution in [0.15, 0.2) is 34.3 Å². The van der Waals surface area contributed by atoms with Crippen LogP contribution in [0.1, 0.15) is 38.1 Å². The van der Waals surface area contributed by atoms with Gasteiger partial charge in [-0.2, -0.15) is 0 Å². The molecule has 6 nitrogen and oxygen atoms in total. The molecule has 0 spiro atoms. The van der Waals surface area contributed by atoms with Crippen LogP contribution in [-0.4, -0.2) is 47.2 Å². The largest absolute Gasteiger partial charge is 0.408 e. The van der Waals surface area contributed by atoms with E-state index in [9.17, 15) is 9.18 Å². The van der Waals surface area contributed by atoms with E-state index in [1.807, 2.05) is 18.7 Å². The second-order valence-corrected chi connectivity index (χ2v) is 6.71. The monoisotopic (exact) mass is 358 g/mol. The zero-order valence-electron chi connectivity index (χ0n) is 15.3. The van der Waals surface area contributed by atoms with Crippen LogP contribution in [0.5, 0.6) is 0 Å². The molecule has 1 aliphatic rings. The van der Waals surface area contributed by atoms with Gasteiger partial charge in [-0.1, -0.05) is 37.1 Å². The van der Waals surface area contributed by atoms with Gasteiger partial charge in [-0.05, 0) is 19.1 Å². The van der Waals surface area contributed by atoms with Crippen molar-refractivity contribution in [2.24, 2.45) is 0 Å². The van der Waals surface area contributed by atoms with Gasteiger partial charge in [0.2, 0.25) is 11.8 Å². The first kappa shape index (κ1) is 18.1. The lowest BCUT2D eigenvalue weighted by Gasteiger charge is -2.33. The van der Waals surface area contributed by atoms with E-state index in [-0.39, 0.29) is 17.6 Å². The van der Waals surface area contributed by atoms with E-state index < -0.39 is 0 Å². The molecule has 0 aliphatic carbocycles. The Bertz CT molecular complexity index is 807. The minimum Gasteiger partial charge on any atom is -0.408 e. The van der Waals surface area contributed by atoms with E-state index in [0.29, 0.717) is 49.2 Å². The van der Waals surface area contributed by atoms with Gasteiger partial charge >= 0.3 is 6.01 Å². The molecule has 138 valence electrons. The highest BCUT2D eigenvalue weighted by atomic mass is 19.1. The highest BCUT2D eigenvalue weighted by Crippen LogP contribution is 2.20. The molecule has 1 fully saturated rings. The van der Waals surface area contributed by atoms with Gasteiger partial charge in [-0.15, -0.1) is 5.10 Å². The Hall–Kier alpha value is -2.70. The van der Waals surface area contributed by atoms with Crippen molar-refractivity contribution in [1.82, 2.24) is 15.1 Å². The molecule has 0 unspecified atom stereocenters. The smallest absolute Gasteiger partial charge is 0.318 e. The molecule has 0 N–H and O–H groups in total. The molecule has 26 heavy (non-hydrogen) atoms. The number of nitrogens with zero attached hydrogens (tertiary/aromatic N) is 4. The summed E-state index contributed by atoms with van der Waals surface area (Å²) in [7, 11) is 0. The van der Waals surface area contributed by atoms with Crippen molar-refractivity contribution >= 4 is 18.0 Å². The Morgan fingerprint density at radius 2 is 1.88 bits per heavy atom. The number of carbonyl (C=O) groups is 1. The van der Waals surface area contributed by atoms with E-state index in [1.54, 1.807) is 36.1 Å². The summed E-state index contributed by atoms with van der Waals surface area (Å²) < 4.78 is 19.4. The number of anilines is 1. The van der Waals surface area contributed by atoms with Gasteiger partial charge in [0.05, 0.1) is 0 Å². The third-order valence-corrected chi connectivity index (χ3v) is 4.38. The summed E-state index contributed by atoms with van der Waals surface area (Å²) in [4.78, 5) is 16.4. The van der Waals surface area contributed by atoms with Crippen LogP contribution in [0.3, 0.4) is 0 Å². The molecule has 0 atom stereocenters. The molecule has 1 amide bonds. The van der Waals surface area contributed by atoms with Gasteiger partial charge in [0.1, 0.15) is 5.82 Å². The number of piperazine rings is 1. The van der Waals surface area contributed by atoms with E-state index in [0.717, 1.165) is 0 Å². The van der Waals surface area contributed by atoms with Gasteiger partial charge in [0, 0.05) is 43.2 Å². The van der Waals surface area contributed by atoms with Crippen LogP contribution in [0.4, 0.5) is 10.4 Å². The van der Waals surface area contributed by atoms with Gasteiger partial charge in [-0.25, -0.2) is 4.39 Å². The fourth-order valence-corrected chi connectivity index (χ4v) is 2.82. The molecular formula is C19H23FN4O2. The molecule has 1 aromatic heterocycles. The third-order valence-electron chi connectivity index (χ3n) is 4.38. The maximum absolute atomic E-state index is 13.8. The molecule has 0 bridgehead atoms. The number of aromatic nitrogens is 2. The first-order valence-corrected chi connectivity index (χ1v) is 8.76. The third kappa shape index (κ3) is 3.92. The van der Waals surface area contributed by atoms with Crippen molar-refractivity contribution in [3.63, 3.8) is 0 Å². The van der Waals surface area contributed by atoms with Crippen molar-refractivity contribution in [3.05, 3.63) is 47.1 Å². The summed E-state index contributed by atoms with van der Waals surface area (Å²) in [5.74, 6) is 0.385. The van der Waals surface area contributed by atoms with E-state index in [1.165, 1.54) is 6.07 Å². The van der Waals surface area contributed by atoms with Gasteiger partial charge in [0.15, 0.2) is 0 Å². The molecule has 3 rings (SSSR count). The summed E-state index contributed by atoms with van der Waals surface area (Å²) in [5.41, 5.74) is 0.937. The molecule has 2 heterocycles. The minimum atomic E-state index is -0.332. The number of halogens is 1. The standard InChI is InChI=1S/C19H23FN4O2/c1-13(2)17-21-22-19(26-17)24-10-8-23(9-11-24)18(25)14(3)12-15-6-4-5-7-16(15)20/h4-7,12-13H,8-11H2,1-3H3/b14-12+. The van der Waals surface area contributed by atoms with E-state index in [4.69, 9.17) is 4.42 Å². The van der Waals surface area contributed by atoms with E-state index >= 15 is 0 Å². The first-order valence-electron chi connectivity index (χ1n) is 8.76. The van der Waals surface area contributed by atoms with E-state index in [2.05, 4.69) is 10.2 Å². The lowest BCUT2D eigenvalue weighted by Crippen LogP contribution is -2.49. The van der Waals surface area contributed by atoms with Crippen LogP contribution in [0, 0.1) is 5.82 Å². The topological polar surface area (TPSA) is 62.5 Å². The summed E-state index contributed by atoms with van der Waals surface area (Å²) in [6.45, 7) is 8.07. The van der Waals surface area contributed by atoms with Crippen molar-refractivity contribution in [2.45, 2.75) is 26.7 Å². The Morgan fingerprint density at radius 1 is 1.19 bits per heavy atom. The number of carbonyl (C=O) groups excluding carboxylic acids is 1. The van der Waals surface area contributed by atoms with Crippen molar-refractivity contribution in [2.75, 3.05) is 31.1 Å². The SMILES string of the molecule is C/C(=C\c1ccccc1F)C(=O)N1CCN(c2nnc(C(C)C)o2)CC1. The Morgan fingerprint density at radius 3 is 2.50 bits per heavy atom. The van der Waals surface area contributed by atoms with Crippen molar-refractivity contribution in [1.29, 1.82) is 0 Å². The molecule has 0 saturated carbocycles. The first-order chi connectivity index (χ1) is 12.5. The van der Waals surface area contributed by atoms with Crippen molar-refractivity contribution < 1.29 is 13.6 Å². The fraction of sp³-hybridized carbons (Fsp3) is 0.421. The van der Waals surface area contributed by atoms with Crippen LogP contribution >= 0.6 is 0 Å². The zero-order valence-corrected chi connectivity index (χ0v) is 15.3. The van der Waals surface area contributed by atoms with Crippen LogP contribution < -0.4 is 4.90 Å². The molecule has 2 aromatic rings. The van der Waals surface area contributed by atoms with Crippen LogP contribution in [0.2, 0.25) is 0 Å². The Kier molecular flexibility index (Phi) is 5.35. The maximum Gasteiger partial charge on any atom is 0.318 e. The van der Waals surface area contributed by atoms with Gasteiger partial charge < -0.3 is 14.2 Å².